The number of rotatable bonds is 1. The van der Waals surface area contributed by atoms with E-state index in [1.165, 1.54) is 0 Å². The maximum atomic E-state index is 12.3. The number of hydrogen-bond donors (Lipinski definition) is 2. The third kappa shape index (κ3) is 2.06. The Morgan fingerprint density at radius 2 is 2.10 bits per heavy atom. The van der Waals surface area contributed by atoms with Gasteiger partial charge in [-0.05, 0) is 36.3 Å². The van der Waals surface area contributed by atoms with Crippen molar-refractivity contribution in [2.75, 3.05) is 6.79 Å². The molecule has 1 aromatic rings. The van der Waals surface area contributed by atoms with Crippen LogP contribution in [0.2, 0.25) is 0 Å². The van der Waals surface area contributed by atoms with Crippen molar-refractivity contribution >= 4 is 23.1 Å². The van der Waals surface area contributed by atoms with Crippen LogP contribution in [-0.2, 0) is 4.79 Å². The first kappa shape index (κ1) is 12.6. The van der Waals surface area contributed by atoms with Crippen LogP contribution in [0.4, 0.5) is 0 Å². The van der Waals surface area contributed by atoms with Gasteiger partial charge in [0.25, 0.3) is 0 Å². The minimum atomic E-state index is -0.217. The molecule has 0 aromatic heterocycles. The van der Waals surface area contributed by atoms with Gasteiger partial charge in [0.2, 0.25) is 6.79 Å². The lowest BCUT2D eigenvalue weighted by atomic mass is 9.80. The number of hydrogen-bond acceptors (Lipinski definition) is 4. The Morgan fingerprint density at radius 3 is 3.00 bits per heavy atom. The van der Waals surface area contributed by atoms with E-state index in [0.717, 1.165) is 23.4 Å². The van der Waals surface area contributed by atoms with Gasteiger partial charge in [0, 0.05) is 12.1 Å². The molecule has 0 radical (unpaired) electrons. The molecule has 0 saturated carbocycles. The number of Topliss-reactive ketones (excluding diaryl/α,β-unsaturated/α-hetero) is 1. The van der Waals surface area contributed by atoms with Crippen molar-refractivity contribution in [1.82, 2.24) is 10.6 Å². The minimum absolute atomic E-state index is 0.160. The fourth-order valence-corrected chi connectivity index (χ4v) is 3.34. The molecule has 1 saturated heterocycles. The number of ether oxygens (including phenoxy) is 2. The van der Waals surface area contributed by atoms with Gasteiger partial charge in [-0.2, -0.15) is 0 Å². The van der Waals surface area contributed by atoms with Gasteiger partial charge in [0.1, 0.15) is 5.78 Å². The lowest BCUT2D eigenvalue weighted by Crippen LogP contribution is -2.51. The number of fused-ring (bicyclic) bond motifs is 2. The van der Waals surface area contributed by atoms with Crippen molar-refractivity contribution in [3.63, 3.8) is 0 Å². The molecule has 2 N–H and O–H groups in total. The molecule has 2 heterocycles. The van der Waals surface area contributed by atoms with E-state index in [4.69, 9.17) is 21.7 Å². The summed E-state index contributed by atoms with van der Waals surface area (Å²) in [5, 5.41) is 6.87. The second-order valence-electron chi connectivity index (χ2n) is 5.33. The predicted molar refractivity (Wildman–Crippen MR) is 80.0 cm³/mol. The largest absolute Gasteiger partial charge is 0.454 e. The molecule has 0 spiro atoms. The van der Waals surface area contributed by atoms with E-state index in [1.54, 1.807) is 0 Å². The molecule has 0 amide bonds. The number of nitrogens with one attached hydrogen (secondary N) is 2. The van der Waals surface area contributed by atoms with Crippen LogP contribution in [0.1, 0.15) is 24.4 Å². The molecule has 108 valence electrons. The number of thiocarbonyl (C=S) groups is 1. The highest BCUT2D eigenvalue weighted by atomic mass is 32.1. The zero-order chi connectivity index (χ0) is 14.4. The number of benzene rings is 1. The normalized spacial score (nSPS) is 26.6. The number of ketones is 1. The van der Waals surface area contributed by atoms with Crippen molar-refractivity contribution in [1.29, 1.82) is 0 Å². The minimum Gasteiger partial charge on any atom is -0.454 e. The maximum Gasteiger partial charge on any atom is 0.231 e. The smallest absolute Gasteiger partial charge is 0.231 e. The molecule has 1 fully saturated rings. The molecule has 5 nitrogen and oxygen atoms in total. The van der Waals surface area contributed by atoms with Crippen molar-refractivity contribution in [2.45, 2.75) is 18.9 Å². The molecule has 2 atom stereocenters. The summed E-state index contributed by atoms with van der Waals surface area (Å²) in [5.74, 6) is 1.47. The van der Waals surface area contributed by atoms with Crippen LogP contribution in [-0.4, -0.2) is 17.7 Å². The molecule has 0 bridgehead atoms. The summed E-state index contributed by atoms with van der Waals surface area (Å²) < 4.78 is 10.8. The first-order valence-electron chi connectivity index (χ1n) is 6.92. The van der Waals surface area contributed by atoms with Gasteiger partial charge in [-0.3, -0.25) is 4.79 Å². The zero-order valence-electron chi connectivity index (χ0n) is 11.2. The van der Waals surface area contributed by atoms with Crippen LogP contribution in [0.25, 0.3) is 0 Å². The molecular weight excluding hydrogens is 288 g/mol. The van der Waals surface area contributed by atoms with E-state index >= 15 is 0 Å². The van der Waals surface area contributed by atoms with Crippen molar-refractivity contribution in [2.24, 2.45) is 5.92 Å². The summed E-state index contributed by atoms with van der Waals surface area (Å²) in [6, 6.07) is 5.60. The van der Waals surface area contributed by atoms with E-state index in [1.807, 2.05) is 18.2 Å². The van der Waals surface area contributed by atoms with Gasteiger partial charge in [0.15, 0.2) is 16.6 Å². The quantitative estimate of drug-likeness (QED) is 0.772. The Labute approximate surface area is 127 Å². The Morgan fingerprint density at radius 1 is 1.24 bits per heavy atom. The maximum absolute atomic E-state index is 12.3. The first-order chi connectivity index (χ1) is 10.2. The Balaban J connectivity index is 1.75. The van der Waals surface area contributed by atoms with E-state index < -0.39 is 0 Å². The molecule has 1 aromatic carbocycles. The van der Waals surface area contributed by atoms with Crippen molar-refractivity contribution in [3.05, 3.63) is 35.5 Å². The van der Waals surface area contributed by atoms with E-state index in [0.29, 0.717) is 17.3 Å². The SMILES string of the molecule is O=C1CCC=C2NC(=S)N[C@H](c3ccc4c(c3)OCO4)[C@@H]12. The highest BCUT2D eigenvalue weighted by Crippen LogP contribution is 2.39. The first-order valence-corrected chi connectivity index (χ1v) is 7.33. The lowest BCUT2D eigenvalue weighted by molar-refractivity contribution is -0.123. The van der Waals surface area contributed by atoms with Crippen LogP contribution in [0.5, 0.6) is 11.5 Å². The fourth-order valence-electron chi connectivity index (χ4n) is 3.09. The Bertz CT molecular complexity index is 671. The van der Waals surface area contributed by atoms with Gasteiger partial charge >= 0.3 is 0 Å². The predicted octanol–water partition coefficient (Wildman–Crippen LogP) is 1.80. The van der Waals surface area contributed by atoms with Crippen molar-refractivity contribution in [3.8, 4) is 11.5 Å². The molecule has 21 heavy (non-hydrogen) atoms. The molecule has 1 aliphatic carbocycles. The topological polar surface area (TPSA) is 59.6 Å². The van der Waals surface area contributed by atoms with Crippen molar-refractivity contribution < 1.29 is 14.3 Å². The van der Waals surface area contributed by atoms with Crippen LogP contribution in [0.3, 0.4) is 0 Å². The fraction of sp³-hybridized carbons (Fsp3) is 0.333. The molecule has 3 aliphatic rings. The van der Waals surface area contributed by atoms with Gasteiger partial charge in [-0.25, -0.2) is 0 Å². The monoisotopic (exact) mass is 302 g/mol. The summed E-state index contributed by atoms with van der Waals surface area (Å²) in [7, 11) is 0. The second kappa shape index (κ2) is 4.73. The standard InChI is InChI=1S/C15H14N2O3S/c18-10-3-1-2-9-13(10)14(17-15(21)16-9)8-4-5-11-12(6-8)20-7-19-11/h2,4-6,13-14H,1,3,7H2,(H2,16,17,21)/t13-,14-/m1/s1. The van der Waals surface area contributed by atoms with E-state index in [9.17, 15) is 4.79 Å². The molecular formula is C15H14N2O3S. The van der Waals surface area contributed by atoms with Crippen LogP contribution >= 0.6 is 12.2 Å². The second-order valence-corrected chi connectivity index (χ2v) is 5.74. The third-order valence-corrected chi connectivity index (χ3v) is 4.29. The number of carbonyl (C=O) groups is 1. The van der Waals surface area contributed by atoms with E-state index in [2.05, 4.69) is 16.7 Å². The summed E-state index contributed by atoms with van der Waals surface area (Å²) in [6.45, 7) is 0.240. The lowest BCUT2D eigenvalue weighted by Gasteiger charge is -2.37. The van der Waals surface area contributed by atoms with Gasteiger partial charge in [0.05, 0.1) is 12.0 Å². The number of allylic oxidation sites excluding steroid dienone is 1. The average molecular weight is 302 g/mol. The Hall–Kier alpha value is -2.08. The molecule has 6 heteroatoms. The van der Waals surface area contributed by atoms with Crippen LogP contribution < -0.4 is 20.1 Å². The summed E-state index contributed by atoms with van der Waals surface area (Å²) >= 11 is 5.26. The van der Waals surface area contributed by atoms with Crippen LogP contribution in [0, 0.1) is 5.92 Å². The zero-order valence-corrected chi connectivity index (χ0v) is 12.0. The van der Waals surface area contributed by atoms with E-state index in [-0.39, 0.29) is 24.5 Å². The Kier molecular flexibility index (Phi) is 2.85. The summed E-state index contributed by atoms with van der Waals surface area (Å²) in [6.07, 6.45) is 3.42. The molecule has 0 unspecified atom stereocenters. The summed E-state index contributed by atoms with van der Waals surface area (Å²) in [4.78, 5) is 12.3. The van der Waals surface area contributed by atoms with Crippen LogP contribution in [0.15, 0.2) is 30.0 Å². The number of carbonyl (C=O) groups excluding carboxylic acids is 1. The highest BCUT2D eigenvalue weighted by molar-refractivity contribution is 7.80. The molecule has 4 rings (SSSR count). The highest BCUT2D eigenvalue weighted by Gasteiger charge is 2.38. The third-order valence-electron chi connectivity index (χ3n) is 4.07. The van der Waals surface area contributed by atoms with Gasteiger partial charge in [-0.15, -0.1) is 0 Å². The van der Waals surface area contributed by atoms with Gasteiger partial charge in [-0.1, -0.05) is 12.1 Å². The van der Waals surface area contributed by atoms with Gasteiger partial charge < -0.3 is 20.1 Å². The summed E-state index contributed by atoms with van der Waals surface area (Å²) in [5.41, 5.74) is 1.90. The molecule has 2 aliphatic heterocycles. The average Bonchev–Trinajstić information content (AvgIpc) is 2.93.